The third-order valence-corrected chi connectivity index (χ3v) is 2.23. The van der Waals surface area contributed by atoms with Crippen LogP contribution in [-0.4, -0.2) is 22.8 Å². The third-order valence-electron chi connectivity index (χ3n) is 2.23. The van der Waals surface area contributed by atoms with Gasteiger partial charge in [0.05, 0.1) is 12.8 Å². The van der Waals surface area contributed by atoms with E-state index in [1.165, 1.54) is 19.2 Å². The number of amides is 1. The molecule has 6 heteroatoms. The van der Waals surface area contributed by atoms with Crippen molar-refractivity contribution in [2.75, 3.05) is 7.11 Å². The molecular weight excluding hydrogens is 234 g/mol. The number of nitrogens with zero attached hydrogens (tertiary/aromatic N) is 2. The number of para-hydroxylation sites is 1. The predicted molar refractivity (Wildman–Crippen MR) is 64.3 cm³/mol. The van der Waals surface area contributed by atoms with Crippen LogP contribution in [0.4, 0.5) is 0 Å². The van der Waals surface area contributed by atoms with Crippen LogP contribution < -0.4 is 11.0 Å². The number of rotatable bonds is 3. The molecule has 1 aromatic carbocycles. The van der Waals surface area contributed by atoms with Crippen LogP contribution in [0.5, 0.6) is 0 Å². The van der Waals surface area contributed by atoms with Gasteiger partial charge >= 0.3 is 0 Å². The smallest absolute Gasteiger partial charge is 0.277 e. The highest BCUT2D eigenvalue weighted by Gasteiger charge is 2.09. The average molecular weight is 245 g/mol. The Morgan fingerprint density at radius 3 is 2.61 bits per heavy atom. The van der Waals surface area contributed by atoms with Gasteiger partial charge in [-0.2, -0.15) is 9.78 Å². The summed E-state index contributed by atoms with van der Waals surface area (Å²) in [7, 11) is 1.32. The molecule has 0 saturated heterocycles. The quantitative estimate of drug-likeness (QED) is 0.800. The largest absolute Gasteiger partial charge is 0.295 e. The summed E-state index contributed by atoms with van der Waals surface area (Å²) in [4.78, 5) is 27.7. The molecule has 0 fully saturated rings. The van der Waals surface area contributed by atoms with Crippen molar-refractivity contribution >= 4 is 5.91 Å². The number of hydrogen-bond acceptors (Lipinski definition) is 4. The van der Waals surface area contributed by atoms with E-state index in [0.29, 0.717) is 5.69 Å². The number of benzene rings is 1. The molecule has 0 bridgehead atoms. The maximum Gasteiger partial charge on any atom is 0.295 e. The summed E-state index contributed by atoms with van der Waals surface area (Å²) in [6.45, 7) is 0. The molecule has 6 nitrogen and oxygen atoms in total. The van der Waals surface area contributed by atoms with Gasteiger partial charge in [-0.1, -0.05) is 18.2 Å². The van der Waals surface area contributed by atoms with Crippen LogP contribution in [0.3, 0.4) is 0 Å². The molecule has 0 saturated carbocycles. The summed E-state index contributed by atoms with van der Waals surface area (Å²) >= 11 is 0. The highest BCUT2D eigenvalue weighted by molar-refractivity contribution is 5.91. The Morgan fingerprint density at radius 1 is 1.22 bits per heavy atom. The SMILES string of the molecule is CONC(=O)c1ccc(=O)n(-c2ccccc2)n1. The first kappa shape index (κ1) is 12.0. The van der Waals surface area contributed by atoms with Crippen LogP contribution in [-0.2, 0) is 4.84 Å². The van der Waals surface area contributed by atoms with Gasteiger partial charge in [-0.3, -0.25) is 14.4 Å². The van der Waals surface area contributed by atoms with Crippen molar-refractivity contribution in [1.29, 1.82) is 0 Å². The number of carbonyl (C=O) groups excluding carboxylic acids is 1. The molecule has 0 spiro atoms. The molecule has 92 valence electrons. The summed E-state index contributed by atoms with van der Waals surface area (Å²) in [6, 6.07) is 11.5. The standard InChI is InChI=1S/C12H11N3O3/c1-18-14-12(17)10-7-8-11(16)15(13-10)9-5-3-2-4-6-9/h2-8H,1H3,(H,14,17). The first-order valence-electron chi connectivity index (χ1n) is 5.21. The second-order valence-corrected chi connectivity index (χ2v) is 3.44. The molecular formula is C12H11N3O3. The Hall–Kier alpha value is -2.47. The summed E-state index contributed by atoms with van der Waals surface area (Å²) < 4.78 is 1.16. The van der Waals surface area contributed by atoms with Crippen LogP contribution in [0.25, 0.3) is 5.69 Å². The van der Waals surface area contributed by atoms with E-state index in [-0.39, 0.29) is 11.3 Å². The molecule has 0 aliphatic rings. The normalized spacial score (nSPS) is 10.1. The van der Waals surface area contributed by atoms with E-state index >= 15 is 0 Å². The molecule has 1 amide bonds. The lowest BCUT2D eigenvalue weighted by Crippen LogP contribution is -2.28. The van der Waals surface area contributed by atoms with Crippen LogP contribution in [0.15, 0.2) is 47.3 Å². The minimum absolute atomic E-state index is 0.0975. The molecule has 2 aromatic rings. The number of hydrogen-bond donors (Lipinski definition) is 1. The maximum absolute atomic E-state index is 11.7. The van der Waals surface area contributed by atoms with E-state index < -0.39 is 5.91 Å². The molecule has 0 unspecified atom stereocenters. The Kier molecular flexibility index (Phi) is 3.49. The van der Waals surface area contributed by atoms with Gasteiger partial charge < -0.3 is 0 Å². The fourth-order valence-corrected chi connectivity index (χ4v) is 1.43. The number of hydroxylamine groups is 1. The van der Waals surface area contributed by atoms with Gasteiger partial charge in [0.15, 0.2) is 5.69 Å². The molecule has 2 rings (SSSR count). The number of nitrogens with one attached hydrogen (secondary N) is 1. The van der Waals surface area contributed by atoms with Crippen molar-refractivity contribution in [3.8, 4) is 5.69 Å². The zero-order valence-corrected chi connectivity index (χ0v) is 9.66. The van der Waals surface area contributed by atoms with Crippen molar-refractivity contribution in [1.82, 2.24) is 15.3 Å². The fourth-order valence-electron chi connectivity index (χ4n) is 1.43. The maximum atomic E-state index is 11.7. The van der Waals surface area contributed by atoms with Gasteiger partial charge in [0, 0.05) is 6.07 Å². The number of aromatic nitrogens is 2. The van der Waals surface area contributed by atoms with E-state index in [9.17, 15) is 9.59 Å². The van der Waals surface area contributed by atoms with Crippen molar-refractivity contribution in [2.24, 2.45) is 0 Å². The number of carbonyl (C=O) groups is 1. The lowest BCUT2D eigenvalue weighted by molar-refractivity contribution is 0.0530. The van der Waals surface area contributed by atoms with Crippen LogP contribution >= 0.6 is 0 Å². The molecule has 1 aromatic heterocycles. The first-order valence-corrected chi connectivity index (χ1v) is 5.21. The molecule has 0 aliphatic carbocycles. The topological polar surface area (TPSA) is 73.2 Å². The monoisotopic (exact) mass is 245 g/mol. The zero-order valence-electron chi connectivity index (χ0n) is 9.66. The minimum Gasteiger partial charge on any atom is -0.277 e. The van der Waals surface area contributed by atoms with Crippen molar-refractivity contribution < 1.29 is 9.63 Å². The van der Waals surface area contributed by atoms with Gasteiger partial charge in [0.25, 0.3) is 11.5 Å². The second-order valence-electron chi connectivity index (χ2n) is 3.44. The average Bonchev–Trinajstić information content (AvgIpc) is 2.40. The summed E-state index contributed by atoms with van der Waals surface area (Å²) in [5.74, 6) is -0.512. The summed E-state index contributed by atoms with van der Waals surface area (Å²) in [5.41, 5.74) is 2.52. The minimum atomic E-state index is -0.512. The molecule has 0 atom stereocenters. The van der Waals surface area contributed by atoms with E-state index in [4.69, 9.17) is 0 Å². The Balaban J connectivity index is 2.46. The molecule has 18 heavy (non-hydrogen) atoms. The van der Waals surface area contributed by atoms with E-state index in [1.54, 1.807) is 24.3 Å². The highest BCUT2D eigenvalue weighted by atomic mass is 16.6. The van der Waals surface area contributed by atoms with E-state index in [2.05, 4.69) is 15.4 Å². The first-order chi connectivity index (χ1) is 8.72. The molecule has 1 heterocycles. The van der Waals surface area contributed by atoms with Crippen LogP contribution in [0.1, 0.15) is 10.5 Å². The van der Waals surface area contributed by atoms with Gasteiger partial charge in [-0.05, 0) is 18.2 Å². The Morgan fingerprint density at radius 2 is 1.94 bits per heavy atom. The second kappa shape index (κ2) is 5.24. The predicted octanol–water partition coefficient (Wildman–Crippen LogP) is 0.524. The Bertz CT molecular complexity index is 607. The van der Waals surface area contributed by atoms with E-state index in [0.717, 1.165) is 4.68 Å². The van der Waals surface area contributed by atoms with Crippen molar-refractivity contribution in [3.05, 3.63) is 58.5 Å². The van der Waals surface area contributed by atoms with Crippen molar-refractivity contribution in [3.63, 3.8) is 0 Å². The van der Waals surface area contributed by atoms with Gasteiger partial charge in [-0.25, -0.2) is 5.48 Å². The third kappa shape index (κ3) is 2.44. The van der Waals surface area contributed by atoms with Gasteiger partial charge in [0.2, 0.25) is 0 Å². The molecule has 0 aliphatic heterocycles. The fraction of sp³-hybridized carbons (Fsp3) is 0.0833. The Labute approximate surface area is 103 Å². The molecule has 1 N–H and O–H groups in total. The van der Waals surface area contributed by atoms with Crippen LogP contribution in [0, 0.1) is 0 Å². The van der Waals surface area contributed by atoms with Gasteiger partial charge in [-0.15, -0.1) is 0 Å². The van der Waals surface area contributed by atoms with Crippen molar-refractivity contribution in [2.45, 2.75) is 0 Å². The lowest BCUT2D eigenvalue weighted by Gasteiger charge is -2.06. The lowest BCUT2D eigenvalue weighted by atomic mass is 10.3. The zero-order chi connectivity index (χ0) is 13.0. The van der Waals surface area contributed by atoms with Crippen LogP contribution in [0.2, 0.25) is 0 Å². The molecule has 0 radical (unpaired) electrons. The summed E-state index contributed by atoms with van der Waals surface area (Å²) in [5, 5.41) is 3.97. The highest BCUT2D eigenvalue weighted by Crippen LogP contribution is 2.02. The summed E-state index contributed by atoms with van der Waals surface area (Å²) in [6.07, 6.45) is 0. The van der Waals surface area contributed by atoms with Gasteiger partial charge in [0.1, 0.15) is 0 Å². The van der Waals surface area contributed by atoms with E-state index in [1.807, 2.05) is 6.07 Å².